The van der Waals surface area contributed by atoms with Gasteiger partial charge < -0.3 is 19.9 Å². The number of rotatable bonds is 5. The molecule has 0 aliphatic carbocycles. The maximum Gasteiger partial charge on any atom is 0.190 e. The first kappa shape index (κ1) is 18.2. The normalized spacial score (nSPS) is 18.4. The van der Waals surface area contributed by atoms with Gasteiger partial charge in [0.05, 0.1) is 12.3 Å². The van der Waals surface area contributed by atoms with Crippen LogP contribution < -0.4 is 10.6 Å². The molecule has 120 valence electrons. The molecule has 1 aromatic heterocycles. The zero-order valence-corrected chi connectivity index (χ0v) is 15.3. The lowest BCUT2D eigenvalue weighted by Crippen LogP contribution is -2.40. The number of guanidine groups is 1. The third kappa shape index (κ3) is 5.46. The standard InChI is InChI=1S/C14H24N4O2.HI/c1-10-13(11(2)20-18-10)4-6-16-14(15-3)17-8-12-5-7-19-9-12;/h12H,4-9H2,1-3H3,(H2,15,16,17);1H. The Morgan fingerprint density at radius 2 is 2.19 bits per heavy atom. The van der Waals surface area contributed by atoms with Crippen LogP contribution in [0.25, 0.3) is 0 Å². The Bertz CT molecular complexity index is 436. The summed E-state index contributed by atoms with van der Waals surface area (Å²) < 4.78 is 10.5. The average molecular weight is 408 g/mol. The summed E-state index contributed by atoms with van der Waals surface area (Å²) in [4.78, 5) is 4.23. The van der Waals surface area contributed by atoms with Crippen molar-refractivity contribution in [1.29, 1.82) is 0 Å². The highest BCUT2D eigenvalue weighted by Gasteiger charge is 2.15. The monoisotopic (exact) mass is 408 g/mol. The second kappa shape index (κ2) is 9.24. The molecule has 2 heterocycles. The molecule has 1 aliphatic heterocycles. The van der Waals surface area contributed by atoms with Gasteiger partial charge in [-0.05, 0) is 26.7 Å². The molecule has 1 atom stereocenters. The van der Waals surface area contributed by atoms with Crippen molar-refractivity contribution >= 4 is 29.9 Å². The highest BCUT2D eigenvalue weighted by atomic mass is 127. The Balaban J connectivity index is 0.00000220. The van der Waals surface area contributed by atoms with Gasteiger partial charge in [-0.1, -0.05) is 5.16 Å². The van der Waals surface area contributed by atoms with Crippen LogP contribution in [0.15, 0.2) is 9.52 Å². The number of halogens is 1. The number of nitrogens with zero attached hydrogens (tertiary/aromatic N) is 2. The molecule has 1 saturated heterocycles. The molecule has 0 aromatic carbocycles. The highest BCUT2D eigenvalue weighted by Crippen LogP contribution is 2.12. The summed E-state index contributed by atoms with van der Waals surface area (Å²) in [6.45, 7) is 7.36. The maximum absolute atomic E-state index is 5.36. The lowest BCUT2D eigenvalue weighted by molar-refractivity contribution is 0.186. The van der Waals surface area contributed by atoms with Crippen LogP contribution in [0, 0.1) is 19.8 Å². The van der Waals surface area contributed by atoms with Crippen molar-refractivity contribution in [3.63, 3.8) is 0 Å². The maximum atomic E-state index is 5.36. The van der Waals surface area contributed by atoms with Crippen LogP contribution in [-0.4, -0.2) is 44.5 Å². The lowest BCUT2D eigenvalue weighted by Gasteiger charge is -2.14. The van der Waals surface area contributed by atoms with Crippen LogP contribution in [0.3, 0.4) is 0 Å². The predicted molar refractivity (Wildman–Crippen MR) is 93.4 cm³/mol. The summed E-state index contributed by atoms with van der Waals surface area (Å²) in [5, 5.41) is 10.6. The lowest BCUT2D eigenvalue weighted by atomic mass is 10.1. The summed E-state index contributed by atoms with van der Waals surface area (Å²) in [7, 11) is 1.79. The van der Waals surface area contributed by atoms with Gasteiger partial charge in [0.15, 0.2) is 5.96 Å². The molecule has 21 heavy (non-hydrogen) atoms. The Morgan fingerprint density at radius 1 is 1.38 bits per heavy atom. The zero-order valence-electron chi connectivity index (χ0n) is 12.9. The summed E-state index contributed by atoms with van der Waals surface area (Å²) in [5.41, 5.74) is 2.15. The summed E-state index contributed by atoms with van der Waals surface area (Å²) in [5.74, 6) is 2.33. The summed E-state index contributed by atoms with van der Waals surface area (Å²) in [6, 6.07) is 0. The van der Waals surface area contributed by atoms with Gasteiger partial charge in [-0.15, -0.1) is 24.0 Å². The SMILES string of the molecule is CN=C(NCCc1c(C)noc1C)NCC1CCOC1.I. The number of hydrogen-bond donors (Lipinski definition) is 2. The molecule has 0 saturated carbocycles. The van der Waals surface area contributed by atoms with Crippen LogP contribution in [0.2, 0.25) is 0 Å². The predicted octanol–water partition coefficient (Wildman–Crippen LogP) is 1.65. The van der Waals surface area contributed by atoms with Gasteiger partial charge in [0.2, 0.25) is 0 Å². The van der Waals surface area contributed by atoms with E-state index in [1.165, 1.54) is 5.56 Å². The van der Waals surface area contributed by atoms with Crippen molar-refractivity contribution in [3.8, 4) is 0 Å². The fourth-order valence-corrected chi connectivity index (χ4v) is 2.37. The first-order chi connectivity index (χ1) is 9.70. The van der Waals surface area contributed by atoms with E-state index in [4.69, 9.17) is 9.26 Å². The summed E-state index contributed by atoms with van der Waals surface area (Å²) in [6.07, 6.45) is 2.01. The van der Waals surface area contributed by atoms with E-state index in [-0.39, 0.29) is 24.0 Å². The number of aryl methyl sites for hydroxylation is 2. The van der Waals surface area contributed by atoms with Gasteiger partial charge in [-0.2, -0.15) is 0 Å². The Hall–Kier alpha value is -0.830. The second-order valence-electron chi connectivity index (χ2n) is 5.16. The Labute approximate surface area is 143 Å². The molecule has 0 radical (unpaired) electrons. The van der Waals surface area contributed by atoms with Gasteiger partial charge in [-0.3, -0.25) is 4.99 Å². The van der Waals surface area contributed by atoms with Crippen LogP contribution in [0.4, 0.5) is 0 Å². The van der Waals surface area contributed by atoms with Crippen LogP contribution in [-0.2, 0) is 11.2 Å². The molecule has 1 aromatic rings. The number of aliphatic imine (C=N–C) groups is 1. The van der Waals surface area contributed by atoms with E-state index in [1.54, 1.807) is 7.05 Å². The average Bonchev–Trinajstić information content (AvgIpc) is 3.06. The quantitative estimate of drug-likeness (QED) is 0.441. The van der Waals surface area contributed by atoms with Crippen LogP contribution in [0.1, 0.15) is 23.4 Å². The smallest absolute Gasteiger partial charge is 0.190 e. The van der Waals surface area contributed by atoms with Crippen molar-refractivity contribution in [2.75, 3.05) is 33.4 Å². The molecule has 1 aliphatic rings. The van der Waals surface area contributed by atoms with E-state index in [1.807, 2.05) is 13.8 Å². The van der Waals surface area contributed by atoms with Crippen LogP contribution in [0.5, 0.6) is 0 Å². The molecule has 0 amide bonds. The summed E-state index contributed by atoms with van der Waals surface area (Å²) >= 11 is 0. The molecule has 0 bridgehead atoms. The molecular formula is C14H25IN4O2. The van der Waals surface area contributed by atoms with E-state index in [9.17, 15) is 0 Å². The van der Waals surface area contributed by atoms with Gasteiger partial charge in [0.25, 0.3) is 0 Å². The van der Waals surface area contributed by atoms with Crippen molar-refractivity contribution < 1.29 is 9.26 Å². The molecule has 2 rings (SSSR count). The Morgan fingerprint density at radius 3 is 2.76 bits per heavy atom. The number of hydrogen-bond acceptors (Lipinski definition) is 4. The van der Waals surface area contributed by atoms with E-state index in [2.05, 4.69) is 20.8 Å². The highest BCUT2D eigenvalue weighted by molar-refractivity contribution is 14.0. The third-order valence-corrected chi connectivity index (χ3v) is 3.65. The van der Waals surface area contributed by atoms with Crippen molar-refractivity contribution in [2.24, 2.45) is 10.9 Å². The molecular weight excluding hydrogens is 383 g/mol. The van der Waals surface area contributed by atoms with Crippen molar-refractivity contribution in [1.82, 2.24) is 15.8 Å². The molecule has 0 spiro atoms. The zero-order chi connectivity index (χ0) is 14.4. The number of aromatic nitrogens is 1. The molecule has 2 N–H and O–H groups in total. The Kier molecular flexibility index (Phi) is 8.02. The largest absolute Gasteiger partial charge is 0.381 e. The number of ether oxygens (including phenoxy) is 1. The fraction of sp³-hybridized carbons (Fsp3) is 0.714. The van der Waals surface area contributed by atoms with Gasteiger partial charge in [0, 0.05) is 38.2 Å². The van der Waals surface area contributed by atoms with Crippen LogP contribution >= 0.6 is 24.0 Å². The minimum Gasteiger partial charge on any atom is -0.381 e. The second-order valence-corrected chi connectivity index (χ2v) is 5.16. The van der Waals surface area contributed by atoms with Crippen molar-refractivity contribution in [2.45, 2.75) is 26.7 Å². The molecule has 7 heteroatoms. The molecule has 6 nitrogen and oxygen atoms in total. The van der Waals surface area contributed by atoms with E-state index >= 15 is 0 Å². The number of nitrogens with one attached hydrogen (secondary N) is 2. The van der Waals surface area contributed by atoms with E-state index in [0.717, 1.165) is 56.6 Å². The molecule has 1 fully saturated rings. The minimum atomic E-state index is 0. The first-order valence-corrected chi connectivity index (χ1v) is 7.14. The van der Waals surface area contributed by atoms with Crippen molar-refractivity contribution in [3.05, 3.63) is 17.0 Å². The van der Waals surface area contributed by atoms with Gasteiger partial charge >= 0.3 is 0 Å². The van der Waals surface area contributed by atoms with E-state index < -0.39 is 0 Å². The first-order valence-electron chi connectivity index (χ1n) is 7.14. The topological polar surface area (TPSA) is 71.7 Å². The van der Waals surface area contributed by atoms with Gasteiger partial charge in [-0.25, -0.2) is 0 Å². The molecule has 1 unspecified atom stereocenters. The van der Waals surface area contributed by atoms with E-state index in [0.29, 0.717) is 5.92 Å². The third-order valence-electron chi connectivity index (χ3n) is 3.65. The fourth-order valence-electron chi connectivity index (χ4n) is 2.37. The van der Waals surface area contributed by atoms with Gasteiger partial charge in [0.1, 0.15) is 5.76 Å². The minimum absolute atomic E-state index is 0.